The first kappa shape index (κ1) is 19.9. The molecular formula is C22H20IN3O2. The van der Waals surface area contributed by atoms with Gasteiger partial charge in [-0.3, -0.25) is 9.59 Å². The van der Waals surface area contributed by atoms with Crippen LogP contribution < -0.4 is 16.0 Å². The fourth-order valence-corrected chi connectivity index (χ4v) is 2.93. The van der Waals surface area contributed by atoms with Crippen LogP contribution in [0.2, 0.25) is 0 Å². The highest BCUT2D eigenvalue weighted by atomic mass is 127. The molecular weight excluding hydrogens is 465 g/mol. The lowest BCUT2D eigenvalue weighted by atomic mass is 10.1. The van der Waals surface area contributed by atoms with Crippen LogP contribution in [0.25, 0.3) is 0 Å². The first-order valence-corrected chi connectivity index (χ1v) is 9.89. The van der Waals surface area contributed by atoms with Crippen molar-refractivity contribution in [2.24, 2.45) is 0 Å². The van der Waals surface area contributed by atoms with Gasteiger partial charge in [0, 0.05) is 27.1 Å². The molecule has 0 aliphatic rings. The summed E-state index contributed by atoms with van der Waals surface area (Å²) in [5.41, 5.74) is 2.99. The molecule has 0 aromatic heterocycles. The fraction of sp³-hybridized carbons (Fsp3) is 0.0909. The van der Waals surface area contributed by atoms with Gasteiger partial charge in [0.05, 0.1) is 6.54 Å². The lowest BCUT2D eigenvalue weighted by molar-refractivity contribution is -0.114. The Morgan fingerprint density at radius 2 is 1.57 bits per heavy atom. The molecule has 3 aromatic rings. The van der Waals surface area contributed by atoms with E-state index in [4.69, 9.17) is 0 Å². The van der Waals surface area contributed by atoms with Gasteiger partial charge in [0.2, 0.25) is 5.91 Å². The number of hydrogen-bond donors (Lipinski definition) is 3. The average molecular weight is 485 g/mol. The lowest BCUT2D eigenvalue weighted by Crippen LogP contribution is -2.24. The number of benzene rings is 3. The van der Waals surface area contributed by atoms with E-state index in [-0.39, 0.29) is 18.4 Å². The second kappa shape index (κ2) is 9.89. The van der Waals surface area contributed by atoms with Gasteiger partial charge < -0.3 is 16.0 Å². The highest BCUT2D eigenvalue weighted by Gasteiger charge is 2.08. The molecule has 0 aliphatic heterocycles. The summed E-state index contributed by atoms with van der Waals surface area (Å²) in [6.07, 6.45) is 0. The fourth-order valence-electron chi connectivity index (χ4n) is 2.57. The third-order valence-corrected chi connectivity index (χ3v) is 4.72. The van der Waals surface area contributed by atoms with Crippen molar-refractivity contribution in [3.63, 3.8) is 0 Å². The van der Waals surface area contributed by atoms with Crippen LogP contribution >= 0.6 is 22.6 Å². The van der Waals surface area contributed by atoms with Crippen LogP contribution in [0.3, 0.4) is 0 Å². The second-order valence-corrected chi connectivity index (χ2v) is 7.40. The number of amides is 2. The van der Waals surface area contributed by atoms with Crippen molar-refractivity contribution in [1.82, 2.24) is 5.32 Å². The van der Waals surface area contributed by atoms with Crippen molar-refractivity contribution >= 4 is 45.8 Å². The molecule has 0 bridgehead atoms. The molecule has 142 valence electrons. The third kappa shape index (κ3) is 6.09. The van der Waals surface area contributed by atoms with Crippen LogP contribution in [0.4, 0.5) is 11.4 Å². The van der Waals surface area contributed by atoms with Crippen molar-refractivity contribution in [1.29, 1.82) is 0 Å². The number of nitrogens with one attached hydrogen (secondary N) is 3. The van der Waals surface area contributed by atoms with Crippen LogP contribution in [0.15, 0.2) is 78.9 Å². The van der Waals surface area contributed by atoms with E-state index in [2.05, 4.69) is 38.5 Å². The Balaban J connectivity index is 1.52. The first-order chi connectivity index (χ1) is 13.6. The Morgan fingerprint density at radius 3 is 2.32 bits per heavy atom. The zero-order valence-electron chi connectivity index (χ0n) is 15.1. The Bertz CT molecular complexity index is 944. The Kier molecular flexibility index (Phi) is 7.02. The molecule has 0 radical (unpaired) electrons. The molecule has 0 unspecified atom stereocenters. The van der Waals surface area contributed by atoms with Crippen molar-refractivity contribution in [2.75, 3.05) is 17.2 Å². The summed E-state index contributed by atoms with van der Waals surface area (Å²) < 4.78 is 1.13. The summed E-state index contributed by atoms with van der Waals surface area (Å²) in [7, 11) is 0. The van der Waals surface area contributed by atoms with Gasteiger partial charge in [0.1, 0.15) is 0 Å². The number of rotatable bonds is 7. The predicted molar refractivity (Wildman–Crippen MR) is 120 cm³/mol. The molecule has 3 rings (SSSR count). The number of anilines is 2. The van der Waals surface area contributed by atoms with Gasteiger partial charge in [-0.1, -0.05) is 36.4 Å². The van der Waals surface area contributed by atoms with E-state index in [1.807, 2.05) is 54.6 Å². The summed E-state index contributed by atoms with van der Waals surface area (Å²) in [5, 5.41) is 8.77. The zero-order valence-corrected chi connectivity index (χ0v) is 17.3. The van der Waals surface area contributed by atoms with Gasteiger partial charge in [-0.15, -0.1) is 0 Å². The average Bonchev–Trinajstić information content (AvgIpc) is 2.72. The minimum absolute atomic E-state index is 0.144. The van der Waals surface area contributed by atoms with Gasteiger partial charge in [-0.05, 0) is 70.6 Å². The Morgan fingerprint density at radius 1 is 0.821 bits per heavy atom. The van der Waals surface area contributed by atoms with Gasteiger partial charge in [-0.25, -0.2) is 0 Å². The van der Waals surface area contributed by atoms with E-state index in [1.165, 1.54) is 0 Å². The molecule has 0 fully saturated rings. The zero-order chi connectivity index (χ0) is 19.8. The predicted octanol–water partition coefficient (Wildman–Crippen LogP) is 4.27. The highest BCUT2D eigenvalue weighted by Crippen LogP contribution is 2.13. The SMILES string of the molecule is O=C(CNc1ccc(I)cc1)Nc1cccc(C(=O)NCc2ccccc2)c1. The van der Waals surface area contributed by atoms with E-state index in [1.54, 1.807) is 24.3 Å². The molecule has 6 heteroatoms. The Hall–Kier alpha value is -2.87. The molecule has 28 heavy (non-hydrogen) atoms. The smallest absolute Gasteiger partial charge is 0.251 e. The summed E-state index contributed by atoms with van der Waals surface area (Å²) in [5.74, 6) is -0.364. The van der Waals surface area contributed by atoms with Crippen LogP contribution in [0.5, 0.6) is 0 Å². The van der Waals surface area contributed by atoms with E-state index in [9.17, 15) is 9.59 Å². The normalized spacial score (nSPS) is 10.2. The van der Waals surface area contributed by atoms with Crippen molar-refractivity contribution < 1.29 is 9.59 Å². The molecule has 0 saturated carbocycles. The molecule has 5 nitrogen and oxygen atoms in total. The molecule has 3 N–H and O–H groups in total. The second-order valence-electron chi connectivity index (χ2n) is 6.16. The van der Waals surface area contributed by atoms with Crippen molar-refractivity contribution in [3.8, 4) is 0 Å². The van der Waals surface area contributed by atoms with Crippen LogP contribution in [0, 0.1) is 3.57 Å². The summed E-state index contributed by atoms with van der Waals surface area (Å²) in [4.78, 5) is 24.5. The molecule has 0 spiro atoms. The maximum absolute atomic E-state index is 12.4. The van der Waals surface area contributed by atoms with Crippen molar-refractivity contribution in [2.45, 2.75) is 6.54 Å². The van der Waals surface area contributed by atoms with Crippen LogP contribution in [0.1, 0.15) is 15.9 Å². The molecule has 0 atom stereocenters. The van der Waals surface area contributed by atoms with Gasteiger partial charge in [0.15, 0.2) is 0 Å². The standard InChI is InChI=1S/C22H20IN3O2/c23-18-9-11-19(12-10-18)24-15-21(27)26-20-8-4-7-17(13-20)22(28)25-14-16-5-2-1-3-6-16/h1-13,24H,14-15H2,(H,25,28)(H,26,27). The van der Waals surface area contributed by atoms with E-state index in [0.29, 0.717) is 17.8 Å². The van der Waals surface area contributed by atoms with E-state index < -0.39 is 0 Å². The molecule has 3 aromatic carbocycles. The van der Waals surface area contributed by atoms with Crippen LogP contribution in [-0.4, -0.2) is 18.4 Å². The van der Waals surface area contributed by atoms with Crippen LogP contribution in [-0.2, 0) is 11.3 Å². The quantitative estimate of drug-likeness (QED) is 0.438. The van der Waals surface area contributed by atoms with E-state index in [0.717, 1.165) is 14.8 Å². The largest absolute Gasteiger partial charge is 0.376 e. The molecule has 2 amide bonds. The molecule has 0 saturated heterocycles. The first-order valence-electron chi connectivity index (χ1n) is 8.81. The summed E-state index contributed by atoms with van der Waals surface area (Å²) >= 11 is 2.23. The summed E-state index contributed by atoms with van der Waals surface area (Å²) in [6.45, 7) is 0.598. The monoisotopic (exact) mass is 485 g/mol. The Labute approximate surface area is 177 Å². The van der Waals surface area contributed by atoms with Gasteiger partial charge >= 0.3 is 0 Å². The maximum Gasteiger partial charge on any atom is 0.251 e. The number of carbonyl (C=O) groups excluding carboxylic acids is 2. The minimum Gasteiger partial charge on any atom is -0.376 e. The lowest BCUT2D eigenvalue weighted by Gasteiger charge is -2.10. The number of halogens is 1. The number of carbonyl (C=O) groups is 2. The maximum atomic E-state index is 12.4. The number of hydrogen-bond acceptors (Lipinski definition) is 3. The highest BCUT2D eigenvalue weighted by molar-refractivity contribution is 14.1. The minimum atomic E-state index is -0.183. The summed E-state index contributed by atoms with van der Waals surface area (Å²) in [6, 6.07) is 24.4. The van der Waals surface area contributed by atoms with Crippen molar-refractivity contribution in [3.05, 3.63) is 93.6 Å². The molecule has 0 aliphatic carbocycles. The third-order valence-electron chi connectivity index (χ3n) is 4.00. The topological polar surface area (TPSA) is 70.2 Å². The van der Waals surface area contributed by atoms with Gasteiger partial charge in [0.25, 0.3) is 5.91 Å². The van der Waals surface area contributed by atoms with E-state index >= 15 is 0 Å². The molecule has 0 heterocycles. The van der Waals surface area contributed by atoms with Gasteiger partial charge in [-0.2, -0.15) is 0 Å².